The maximum absolute atomic E-state index is 12.2. The van der Waals surface area contributed by atoms with Gasteiger partial charge in [-0.25, -0.2) is 9.59 Å². The summed E-state index contributed by atoms with van der Waals surface area (Å²) in [5.74, 6) is -1.04. The van der Waals surface area contributed by atoms with Gasteiger partial charge in [0.05, 0.1) is 6.61 Å². The van der Waals surface area contributed by atoms with Gasteiger partial charge in [-0.2, -0.15) is 0 Å². The Balaban J connectivity index is 0. The molecule has 0 aromatic carbocycles. The third-order valence-corrected chi connectivity index (χ3v) is 9.43. The summed E-state index contributed by atoms with van der Waals surface area (Å²) in [4.78, 5) is 21.8. The molecule has 0 atom stereocenters. The molecule has 0 saturated carbocycles. The lowest BCUT2D eigenvalue weighted by molar-refractivity contribution is -0.139. The standard InChI is InChI=1S/C40H78O2.C4H6O2/c1-4-6-8-10-12-14-16-18-20-22-23-25-27-29-31-33-35-37-39(3)40(41)42-38-36-34-32-30-28-26-24-21-19-17-15-13-11-9-7-5-2;1-3(2)4(5)6/h37H,4-36,38H2,1-3H3;1H2,2H3,(H,5,6). The van der Waals surface area contributed by atoms with E-state index in [9.17, 15) is 9.59 Å². The lowest BCUT2D eigenvalue weighted by atomic mass is 10.0. The van der Waals surface area contributed by atoms with Gasteiger partial charge < -0.3 is 9.84 Å². The molecule has 0 fully saturated rings. The monoisotopic (exact) mass is 677 g/mol. The van der Waals surface area contributed by atoms with Crippen molar-refractivity contribution in [3.63, 3.8) is 0 Å². The molecule has 0 amide bonds. The van der Waals surface area contributed by atoms with Crippen LogP contribution in [0.2, 0.25) is 0 Å². The number of allylic oxidation sites excluding steroid dienone is 1. The topological polar surface area (TPSA) is 63.6 Å². The molecule has 0 aliphatic heterocycles. The number of rotatable bonds is 36. The number of aliphatic carboxylic acids is 1. The van der Waals surface area contributed by atoms with E-state index in [1.54, 1.807) is 0 Å². The van der Waals surface area contributed by atoms with Crippen molar-refractivity contribution in [2.24, 2.45) is 0 Å². The Labute approximate surface area is 300 Å². The van der Waals surface area contributed by atoms with E-state index in [2.05, 4.69) is 26.5 Å². The van der Waals surface area contributed by atoms with Gasteiger partial charge in [0.25, 0.3) is 0 Å². The fraction of sp³-hybridized carbons (Fsp3) is 0.864. The van der Waals surface area contributed by atoms with E-state index in [0.717, 1.165) is 18.4 Å². The Morgan fingerprint density at radius 2 is 0.729 bits per heavy atom. The molecular formula is C44H84O4. The first-order chi connectivity index (χ1) is 23.4. The number of hydrogen-bond acceptors (Lipinski definition) is 3. The summed E-state index contributed by atoms with van der Waals surface area (Å²) in [5, 5.41) is 7.89. The zero-order valence-electron chi connectivity index (χ0n) is 33.0. The number of carbonyl (C=O) groups is 2. The van der Waals surface area contributed by atoms with E-state index >= 15 is 0 Å². The van der Waals surface area contributed by atoms with Crippen molar-refractivity contribution < 1.29 is 19.4 Å². The molecule has 0 saturated heterocycles. The second-order valence-corrected chi connectivity index (χ2v) is 14.5. The Hall–Kier alpha value is -1.58. The summed E-state index contributed by atoms with van der Waals surface area (Å²) in [6.45, 7) is 11.7. The molecule has 0 aliphatic carbocycles. The molecule has 0 aromatic rings. The lowest BCUT2D eigenvalue weighted by Crippen LogP contribution is -2.07. The zero-order chi connectivity index (χ0) is 35.8. The normalized spacial score (nSPS) is 11.3. The lowest BCUT2D eigenvalue weighted by Gasteiger charge is -2.06. The van der Waals surface area contributed by atoms with E-state index < -0.39 is 5.97 Å². The van der Waals surface area contributed by atoms with Gasteiger partial charge >= 0.3 is 11.9 Å². The van der Waals surface area contributed by atoms with Crippen molar-refractivity contribution >= 4 is 11.9 Å². The van der Waals surface area contributed by atoms with Crippen LogP contribution in [0.25, 0.3) is 0 Å². The first-order valence-corrected chi connectivity index (χ1v) is 21.1. The second-order valence-electron chi connectivity index (χ2n) is 14.5. The largest absolute Gasteiger partial charge is 0.478 e. The molecule has 0 aromatic heterocycles. The molecule has 4 heteroatoms. The third kappa shape index (κ3) is 42.4. The molecule has 4 nitrogen and oxygen atoms in total. The van der Waals surface area contributed by atoms with Gasteiger partial charge in [0.15, 0.2) is 0 Å². The van der Waals surface area contributed by atoms with Crippen molar-refractivity contribution in [2.45, 2.75) is 240 Å². The maximum atomic E-state index is 12.2. The molecule has 0 bridgehead atoms. The van der Waals surface area contributed by atoms with Crippen LogP contribution in [0, 0.1) is 0 Å². The number of carbonyl (C=O) groups excluding carboxylic acids is 1. The third-order valence-electron chi connectivity index (χ3n) is 9.43. The van der Waals surface area contributed by atoms with Crippen LogP contribution in [0.5, 0.6) is 0 Å². The molecule has 0 aliphatic rings. The summed E-state index contributed by atoms with van der Waals surface area (Å²) in [7, 11) is 0. The second kappa shape index (κ2) is 41.6. The summed E-state index contributed by atoms with van der Waals surface area (Å²) in [6, 6.07) is 0. The van der Waals surface area contributed by atoms with Gasteiger partial charge in [0.2, 0.25) is 0 Å². The van der Waals surface area contributed by atoms with Gasteiger partial charge in [0, 0.05) is 11.1 Å². The zero-order valence-corrected chi connectivity index (χ0v) is 33.0. The quantitative estimate of drug-likeness (QED) is 0.0407. The van der Waals surface area contributed by atoms with Crippen molar-refractivity contribution in [3.8, 4) is 0 Å². The number of carboxylic acids is 1. The number of unbranched alkanes of at least 4 members (excludes halogenated alkanes) is 31. The van der Waals surface area contributed by atoms with Crippen LogP contribution in [-0.4, -0.2) is 23.7 Å². The van der Waals surface area contributed by atoms with Crippen molar-refractivity contribution in [1.82, 2.24) is 0 Å². The minimum Gasteiger partial charge on any atom is -0.478 e. The van der Waals surface area contributed by atoms with Gasteiger partial charge in [-0.05, 0) is 33.1 Å². The summed E-state index contributed by atoms with van der Waals surface area (Å²) < 4.78 is 5.50. The molecule has 1 N–H and O–H groups in total. The fourth-order valence-corrected chi connectivity index (χ4v) is 6.02. The van der Waals surface area contributed by atoms with Crippen molar-refractivity contribution in [3.05, 3.63) is 23.8 Å². The smallest absolute Gasteiger partial charge is 0.333 e. The number of ether oxygens (including phenoxy) is 1. The van der Waals surface area contributed by atoms with E-state index in [1.807, 2.05) is 6.92 Å². The Kier molecular flexibility index (Phi) is 42.1. The predicted molar refractivity (Wildman–Crippen MR) is 211 cm³/mol. The summed E-state index contributed by atoms with van der Waals surface area (Å²) in [5.41, 5.74) is 0.974. The van der Waals surface area contributed by atoms with E-state index in [1.165, 1.54) is 206 Å². The minimum atomic E-state index is -0.935. The average molecular weight is 677 g/mol. The Morgan fingerprint density at radius 3 is 1.00 bits per heavy atom. The van der Waals surface area contributed by atoms with Crippen LogP contribution in [0.1, 0.15) is 240 Å². The van der Waals surface area contributed by atoms with Crippen LogP contribution in [0.3, 0.4) is 0 Å². The number of esters is 1. The van der Waals surface area contributed by atoms with Gasteiger partial charge in [0.1, 0.15) is 0 Å². The van der Waals surface area contributed by atoms with Crippen LogP contribution >= 0.6 is 0 Å². The molecule has 0 unspecified atom stereocenters. The van der Waals surface area contributed by atoms with Gasteiger partial charge in [-0.15, -0.1) is 0 Å². The van der Waals surface area contributed by atoms with Crippen LogP contribution in [0.4, 0.5) is 0 Å². The number of hydrogen-bond donors (Lipinski definition) is 1. The first kappa shape index (κ1) is 48.5. The Bertz CT molecular complexity index is 713. The highest BCUT2D eigenvalue weighted by Gasteiger charge is 2.05. The summed E-state index contributed by atoms with van der Waals surface area (Å²) in [6.07, 6.45) is 47.3. The Morgan fingerprint density at radius 1 is 0.479 bits per heavy atom. The van der Waals surface area contributed by atoms with Gasteiger partial charge in [-0.1, -0.05) is 219 Å². The van der Waals surface area contributed by atoms with Crippen LogP contribution in [0.15, 0.2) is 23.8 Å². The molecule has 0 heterocycles. The predicted octanol–water partition coefficient (Wildman–Crippen LogP) is 15.0. The summed E-state index contributed by atoms with van der Waals surface area (Å²) >= 11 is 0. The average Bonchev–Trinajstić information content (AvgIpc) is 3.07. The highest BCUT2D eigenvalue weighted by atomic mass is 16.5. The van der Waals surface area contributed by atoms with E-state index in [4.69, 9.17) is 9.84 Å². The van der Waals surface area contributed by atoms with Crippen LogP contribution in [-0.2, 0) is 14.3 Å². The van der Waals surface area contributed by atoms with Crippen molar-refractivity contribution in [2.75, 3.05) is 6.61 Å². The SMILES string of the molecule is C=C(C)C(=O)O.CCCCCCCCCCCCCCCCCCC=C(C)C(=O)OCCCCCCCCCCCCCCCCCC. The molecule has 0 spiro atoms. The molecule has 48 heavy (non-hydrogen) atoms. The molecule has 284 valence electrons. The van der Waals surface area contributed by atoms with E-state index in [0.29, 0.717) is 6.61 Å². The molecule has 0 radical (unpaired) electrons. The molecule has 0 rings (SSSR count). The van der Waals surface area contributed by atoms with Crippen LogP contribution < -0.4 is 0 Å². The fourth-order valence-electron chi connectivity index (χ4n) is 6.02. The number of carboxylic acid groups (broad SMARTS) is 1. The maximum Gasteiger partial charge on any atom is 0.333 e. The first-order valence-electron chi connectivity index (χ1n) is 21.1. The highest BCUT2D eigenvalue weighted by Crippen LogP contribution is 2.16. The minimum absolute atomic E-state index is 0.104. The highest BCUT2D eigenvalue weighted by molar-refractivity contribution is 5.87. The van der Waals surface area contributed by atoms with Crippen molar-refractivity contribution in [1.29, 1.82) is 0 Å². The molecular weight excluding hydrogens is 592 g/mol. The van der Waals surface area contributed by atoms with E-state index in [-0.39, 0.29) is 11.5 Å². The van der Waals surface area contributed by atoms with Gasteiger partial charge in [-0.3, -0.25) is 0 Å².